The molecule has 0 aliphatic rings. The smallest absolute Gasteiger partial charge is 0.323 e. The number of rotatable bonds is 3. The van der Waals surface area contributed by atoms with Crippen LogP contribution < -0.4 is 5.73 Å². The summed E-state index contributed by atoms with van der Waals surface area (Å²) in [7, 11) is 1.34. The lowest BCUT2D eigenvalue weighted by Crippen LogP contribution is -2.33. The fourth-order valence-electron chi connectivity index (χ4n) is 1.45. The Bertz CT molecular complexity index is 331. The summed E-state index contributed by atoms with van der Waals surface area (Å²) in [6, 6.07) is 1.44. The summed E-state index contributed by atoms with van der Waals surface area (Å²) in [6.45, 7) is 3.96. The van der Waals surface area contributed by atoms with Gasteiger partial charge in [-0.1, -0.05) is 0 Å². The summed E-state index contributed by atoms with van der Waals surface area (Å²) in [5.41, 5.74) is 8.85. The predicted molar refractivity (Wildman–Crippen MR) is 54.0 cm³/mol. The molecular formula is C10H16N2O2. The van der Waals surface area contributed by atoms with Crippen LogP contribution in [0.15, 0.2) is 6.07 Å². The van der Waals surface area contributed by atoms with Gasteiger partial charge in [-0.25, -0.2) is 0 Å². The second-order valence-electron chi connectivity index (χ2n) is 3.45. The lowest BCUT2D eigenvalue weighted by molar-refractivity contribution is -0.142. The van der Waals surface area contributed by atoms with Crippen molar-refractivity contribution in [1.82, 2.24) is 4.98 Å². The molecule has 4 heteroatoms. The average molecular weight is 196 g/mol. The zero-order valence-corrected chi connectivity index (χ0v) is 8.76. The molecule has 1 unspecified atom stereocenters. The first-order valence-corrected chi connectivity index (χ1v) is 4.53. The number of hydrogen-bond acceptors (Lipinski definition) is 3. The first kappa shape index (κ1) is 10.8. The molecule has 4 nitrogen and oxygen atoms in total. The van der Waals surface area contributed by atoms with Gasteiger partial charge < -0.3 is 15.5 Å². The van der Waals surface area contributed by atoms with E-state index in [1.54, 1.807) is 0 Å². The van der Waals surface area contributed by atoms with Gasteiger partial charge in [-0.05, 0) is 25.5 Å². The van der Waals surface area contributed by atoms with Gasteiger partial charge in [0.2, 0.25) is 0 Å². The standard InChI is InChI=1S/C10H16N2O2/c1-6-4-7(2)12-9(6)5-8(11)10(13)14-3/h4,8,12H,5,11H2,1-3H3. The average Bonchev–Trinajstić information content (AvgIpc) is 2.44. The molecule has 0 aliphatic carbocycles. The van der Waals surface area contributed by atoms with Gasteiger partial charge in [-0.15, -0.1) is 0 Å². The van der Waals surface area contributed by atoms with E-state index in [4.69, 9.17) is 5.73 Å². The Kier molecular flexibility index (Phi) is 3.30. The summed E-state index contributed by atoms with van der Waals surface area (Å²) >= 11 is 0. The molecule has 1 rings (SSSR count). The van der Waals surface area contributed by atoms with Crippen LogP contribution in [0, 0.1) is 13.8 Å². The molecule has 3 N–H and O–H groups in total. The van der Waals surface area contributed by atoms with Gasteiger partial charge in [-0.3, -0.25) is 4.79 Å². The summed E-state index contributed by atoms with van der Waals surface area (Å²) in [4.78, 5) is 14.2. The third-order valence-electron chi connectivity index (χ3n) is 2.19. The van der Waals surface area contributed by atoms with E-state index in [9.17, 15) is 4.79 Å². The number of aryl methyl sites for hydroxylation is 2. The Balaban J connectivity index is 2.69. The van der Waals surface area contributed by atoms with Crippen molar-refractivity contribution in [2.45, 2.75) is 26.3 Å². The Labute approximate surface area is 83.4 Å². The molecule has 1 atom stereocenters. The van der Waals surface area contributed by atoms with Crippen molar-refractivity contribution in [1.29, 1.82) is 0 Å². The second-order valence-corrected chi connectivity index (χ2v) is 3.45. The number of ether oxygens (including phenoxy) is 1. The number of hydrogen-bond donors (Lipinski definition) is 2. The van der Waals surface area contributed by atoms with E-state index >= 15 is 0 Å². The van der Waals surface area contributed by atoms with Gasteiger partial charge >= 0.3 is 5.97 Å². The van der Waals surface area contributed by atoms with Gasteiger partial charge in [0, 0.05) is 17.8 Å². The molecule has 1 heterocycles. The molecule has 0 aliphatic heterocycles. The summed E-state index contributed by atoms with van der Waals surface area (Å²) in [6.07, 6.45) is 0.492. The highest BCUT2D eigenvalue weighted by molar-refractivity contribution is 5.75. The third-order valence-corrected chi connectivity index (χ3v) is 2.19. The minimum Gasteiger partial charge on any atom is -0.468 e. The Morgan fingerprint density at radius 3 is 2.71 bits per heavy atom. The van der Waals surface area contributed by atoms with Crippen molar-refractivity contribution >= 4 is 5.97 Å². The number of nitrogens with two attached hydrogens (primary N) is 1. The SMILES string of the molecule is COC(=O)C(N)Cc1[nH]c(C)cc1C. The van der Waals surface area contributed by atoms with Crippen LogP contribution in [0.3, 0.4) is 0 Å². The van der Waals surface area contributed by atoms with Gasteiger partial charge in [0.1, 0.15) is 6.04 Å². The maximum absolute atomic E-state index is 11.1. The van der Waals surface area contributed by atoms with Gasteiger partial charge in [0.25, 0.3) is 0 Å². The van der Waals surface area contributed by atoms with Crippen LogP contribution >= 0.6 is 0 Å². The predicted octanol–water partition coefficient (Wildman–Crippen LogP) is 0.674. The molecule has 14 heavy (non-hydrogen) atoms. The van der Waals surface area contributed by atoms with E-state index in [0.29, 0.717) is 6.42 Å². The number of nitrogens with one attached hydrogen (secondary N) is 1. The Morgan fingerprint density at radius 2 is 2.29 bits per heavy atom. The molecule has 0 saturated carbocycles. The highest BCUT2D eigenvalue weighted by Gasteiger charge is 2.16. The van der Waals surface area contributed by atoms with Crippen molar-refractivity contribution in [2.24, 2.45) is 5.73 Å². The van der Waals surface area contributed by atoms with E-state index in [0.717, 1.165) is 17.0 Å². The largest absolute Gasteiger partial charge is 0.468 e. The van der Waals surface area contributed by atoms with Crippen LogP contribution in [0.2, 0.25) is 0 Å². The van der Waals surface area contributed by atoms with Crippen LogP contribution in [0.25, 0.3) is 0 Å². The summed E-state index contributed by atoms with van der Waals surface area (Å²) in [5, 5.41) is 0. The van der Waals surface area contributed by atoms with E-state index in [-0.39, 0.29) is 5.97 Å². The van der Waals surface area contributed by atoms with E-state index < -0.39 is 6.04 Å². The van der Waals surface area contributed by atoms with Gasteiger partial charge in [0.15, 0.2) is 0 Å². The molecule has 0 aromatic carbocycles. The number of carbonyl (C=O) groups excluding carboxylic acids is 1. The normalized spacial score (nSPS) is 12.6. The monoisotopic (exact) mass is 196 g/mol. The molecular weight excluding hydrogens is 180 g/mol. The molecule has 0 fully saturated rings. The fraction of sp³-hybridized carbons (Fsp3) is 0.500. The molecule has 1 aromatic heterocycles. The lowest BCUT2D eigenvalue weighted by Gasteiger charge is -2.08. The minimum absolute atomic E-state index is 0.378. The van der Waals surface area contributed by atoms with E-state index in [1.165, 1.54) is 7.11 Å². The second kappa shape index (κ2) is 4.28. The number of aromatic nitrogens is 1. The Morgan fingerprint density at radius 1 is 1.64 bits per heavy atom. The first-order valence-electron chi connectivity index (χ1n) is 4.53. The van der Waals surface area contributed by atoms with Crippen molar-refractivity contribution in [3.8, 4) is 0 Å². The molecule has 0 bridgehead atoms. The number of esters is 1. The lowest BCUT2D eigenvalue weighted by atomic mass is 10.1. The third kappa shape index (κ3) is 2.35. The van der Waals surface area contributed by atoms with Gasteiger partial charge in [-0.2, -0.15) is 0 Å². The maximum atomic E-state index is 11.1. The fourth-order valence-corrected chi connectivity index (χ4v) is 1.45. The van der Waals surface area contributed by atoms with Crippen molar-refractivity contribution in [2.75, 3.05) is 7.11 Å². The highest BCUT2D eigenvalue weighted by Crippen LogP contribution is 2.10. The number of aromatic amines is 1. The number of carbonyl (C=O) groups is 1. The zero-order valence-electron chi connectivity index (χ0n) is 8.76. The zero-order chi connectivity index (χ0) is 10.7. The van der Waals surface area contributed by atoms with Crippen LogP contribution in [0.1, 0.15) is 17.0 Å². The van der Waals surface area contributed by atoms with E-state index in [1.807, 2.05) is 19.9 Å². The van der Waals surface area contributed by atoms with Gasteiger partial charge in [0.05, 0.1) is 7.11 Å². The Hall–Kier alpha value is -1.29. The van der Waals surface area contributed by atoms with Crippen molar-refractivity contribution < 1.29 is 9.53 Å². The molecule has 0 radical (unpaired) electrons. The topological polar surface area (TPSA) is 68.1 Å². The molecule has 0 saturated heterocycles. The minimum atomic E-state index is -0.586. The van der Waals surface area contributed by atoms with Crippen LogP contribution in [0.4, 0.5) is 0 Å². The van der Waals surface area contributed by atoms with Crippen LogP contribution in [0.5, 0.6) is 0 Å². The number of methoxy groups -OCH3 is 1. The molecule has 0 spiro atoms. The van der Waals surface area contributed by atoms with E-state index in [2.05, 4.69) is 9.72 Å². The number of H-pyrrole nitrogens is 1. The molecule has 78 valence electrons. The van der Waals surface area contributed by atoms with Crippen LogP contribution in [-0.2, 0) is 16.0 Å². The first-order chi connectivity index (χ1) is 6.54. The molecule has 0 amide bonds. The highest BCUT2D eigenvalue weighted by atomic mass is 16.5. The van der Waals surface area contributed by atoms with Crippen LogP contribution in [-0.4, -0.2) is 24.1 Å². The van der Waals surface area contributed by atoms with Crippen molar-refractivity contribution in [3.63, 3.8) is 0 Å². The molecule has 1 aromatic rings. The summed E-state index contributed by atoms with van der Waals surface area (Å²) in [5.74, 6) is -0.378. The van der Waals surface area contributed by atoms with Crippen molar-refractivity contribution in [3.05, 3.63) is 23.0 Å². The summed E-state index contributed by atoms with van der Waals surface area (Å²) < 4.78 is 4.55. The maximum Gasteiger partial charge on any atom is 0.323 e. The quantitative estimate of drug-likeness (QED) is 0.698.